The van der Waals surface area contributed by atoms with E-state index in [2.05, 4.69) is 15.3 Å². The molecule has 0 aliphatic heterocycles. The Labute approximate surface area is 184 Å². The zero-order chi connectivity index (χ0) is 22.0. The van der Waals surface area contributed by atoms with E-state index in [1.54, 1.807) is 25.6 Å². The van der Waals surface area contributed by atoms with Crippen molar-refractivity contribution in [1.29, 1.82) is 0 Å². The number of aryl methyl sites for hydroxylation is 3. The van der Waals surface area contributed by atoms with Crippen LogP contribution in [-0.2, 0) is 24.1 Å². The Morgan fingerprint density at radius 2 is 2.06 bits per heavy atom. The number of carbonyl (C=O) groups is 1. The fraction of sp³-hybridized carbons (Fsp3) is 0.435. The Kier molecular flexibility index (Phi) is 6.27. The monoisotopic (exact) mass is 441 g/mol. The minimum Gasteiger partial charge on any atom is -0.497 e. The quantitative estimate of drug-likeness (QED) is 0.583. The molecule has 0 unspecified atom stereocenters. The molecule has 2 N–H and O–H groups in total. The molecule has 1 aliphatic rings. The Balaban J connectivity index is 1.44. The average molecular weight is 442 g/mol. The van der Waals surface area contributed by atoms with E-state index in [0.29, 0.717) is 23.7 Å². The lowest BCUT2D eigenvalue weighted by Gasteiger charge is -2.18. The van der Waals surface area contributed by atoms with E-state index in [9.17, 15) is 9.59 Å². The van der Waals surface area contributed by atoms with Gasteiger partial charge in [0.25, 0.3) is 5.56 Å². The SMILES string of the molecule is COc1ccc(OC)c([C@@H](C)NC(=O)CCc2nc3sc4c(c3c(=O)[nH]2)CCCC4)c1. The van der Waals surface area contributed by atoms with Crippen molar-refractivity contribution in [3.05, 3.63) is 50.4 Å². The van der Waals surface area contributed by atoms with Gasteiger partial charge in [-0.1, -0.05) is 0 Å². The van der Waals surface area contributed by atoms with Crippen molar-refractivity contribution in [2.45, 2.75) is 51.5 Å². The molecule has 0 radical (unpaired) electrons. The fourth-order valence-corrected chi connectivity index (χ4v) is 5.41. The summed E-state index contributed by atoms with van der Waals surface area (Å²) in [6.07, 6.45) is 4.88. The highest BCUT2D eigenvalue weighted by Gasteiger charge is 2.20. The molecule has 7 nitrogen and oxygen atoms in total. The van der Waals surface area contributed by atoms with Crippen LogP contribution in [0.25, 0.3) is 10.2 Å². The molecule has 2 heterocycles. The van der Waals surface area contributed by atoms with Crippen molar-refractivity contribution in [3.8, 4) is 11.5 Å². The number of hydrogen-bond donors (Lipinski definition) is 2. The van der Waals surface area contributed by atoms with Crippen molar-refractivity contribution in [1.82, 2.24) is 15.3 Å². The smallest absolute Gasteiger partial charge is 0.259 e. The number of aromatic nitrogens is 2. The summed E-state index contributed by atoms with van der Waals surface area (Å²) in [5, 5.41) is 3.73. The molecule has 0 saturated heterocycles. The van der Waals surface area contributed by atoms with E-state index < -0.39 is 0 Å². The summed E-state index contributed by atoms with van der Waals surface area (Å²) < 4.78 is 10.7. The number of H-pyrrole nitrogens is 1. The van der Waals surface area contributed by atoms with Gasteiger partial charge in [-0.3, -0.25) is 9.59 Å². The molecular formula is C23H27N3O4S. The maximum absolute atomic E-state index is 12.7. The Hall–Kier alpha value is -2.87. The second-order valence-electron chi connectivity index (χ2n) is 7.80. The van der Waals surface area contributed by atoms with Crippen LogP contribution in [0.15, 0.2) is 23.0 Å². The lowest BCUT2D eigenvalue weighted by Crippen LogP contribution is -2.27. The number of aromatic amines is 1. The summed E-state index contributed by atoms with van der Waals surface area (Å²) in [6, 6.07) is 5.24. The predicted octanol–water partition coefficient (Wildman–Crippen LogP) is 3.69. The van der Waals surface area contributed by atoms with Gasteiger partial charge < -0.3 is 19.8 Å². The molecule has 0 spiro atoms. The number of ether oxygens (including phenoxy) is 2. The topological polar surface area (TPSA) is 93.3 Å². The minimum atomic E-state index is -0.254. The van der Waals surface area contributed by atoms with Crippen molar-refractivity contribution >= 4 is 27.5 Å². The molecule has 3 aromatic rings. The van der Waals surface area contributed by atoms with E-state index in [1.807, 2.05) is 25.1 Å². The van der Waals surface area contributed by atoms with Crippen LogP contribution in [0, 0.1) is 0 Å². The first-order valence-corrected chi connectivity index (χ1v) is 11.4. The van der Waals surface area contributed by atoms with Crippen LogP contribution >= 0.6 is 11.3 Å². The van der Waals surface area contributed by atoms with E-state index in [4.69, 9.17) is 9.47 Å². The predicted molar refractivity (Wildman–Crippen MR) is 121 cm³/mol. The number of rotatable bonds is 7. The van der Waals surface area contributed by atoms with Crippen molar-refractivity contribution < 1.29 is 14.3 Å². The molecule has 1 amide bonds. The van der Waals surface area contributed by atoms with Crippen LogP contribution in [0.4, 0.5) is 0 Å². The van der Waals surface area contributed by atoms with Gasteiger partial charge in [0.15, 0.2) is 0 Å². The van der Waals surface area contributed by atoms with Gasteiger partial charge in [-0.2, -0.15) is 0 Å². The van der Waals surface area contributed by atoms with Gasteiger partial charge in [-0.25, -0.2) is 4.98 Å². The molecule has 8 heteroatoms. The minimum absolute atomic E-state index is 0.0886. The molecule has 0 bridgehead atoms. The third-order valence-corrected chi connectivity index (χ3v) is 6.93. The van der Waals surface area contributed by atoms with Crippen LogP contribution in [0.5, 0.6) is 11.5 Å². The van der Waals surface area contributed by atoms with Crippen LogP contribution in [0.3, 0.4) is 0 Å². The number of amides is 1. The molecule has 4 rings (SSSR count). The number of carbonyl (C=O) groups excluding carboxylic acids is 1. The van der Waals surface area contributed by atoms with Gasteiger partial charge in [0.2, 0.25) is 5.91 Å². The number of thiophene rings is 1. The zero-order valence-corrected chi connectivity index (χ0v) is 18.9. The molecule has 2 aromatic heterocycles. The molecule has 164 valence electrons. The van der Waals surface area contributed by atoms with Crippen molar-refractivity contribution in [2.24, 2.45) is 0 Å². The molecule has 1 aromatic carbocycles. The zero-order valence-electron chi connectivity index (χ0n) is 18.0. The number of benzene rings is 1. The second kappa shape index (κ2) is 9.09. The number of nitrogens with one attached hydrogen (secondary N) is 2. The van der Waals surface area contributed by atoms with Gasteiger partial charge in [0, 0.05) is 23.3 Å². The van der Waals surface area contributed by atoms with Crippen LogP contribution in [0.2, 0.25) is 0 Å². The summed E-state index contributed by atoms with van der Waals surface area (Å²) >= 11 is 1.62. The summed E-state index contributed by atoms with van der Waals surface area (Å²) in [5.74, 6) is 1.82. The molecule has 0 saturated carbocycles. The second-order valence-corrected chi connectivity index (χ2v) is 8.88. The molecule has 1 atom stereocenters. The molecule has 31 heavy (non-hydrogen) atoms. The third kappa shape index (κ3) is 4.44. The third-order valence-electron chi connectivity index (χ3n) is 5.74. The molecular weight excluding hydrogens is 414 g/mol. The Bertz CT molecular complexity index is 1170. The number of hydrogen-bond acceptors (Lipinski definition) is 6. The van der Waals surface area contributed by atoms with Crippen LogP contribution < -0.4 is 20.3 Å². The maximum atomic E-state index is 12.7. The number of nitrogens with zero attached hydrogens (tertiary/aromatic N) is 1. The van der Waals surface area contributed by atoms with Gasteiger partial charge in [0.1, 0.15) is 22.2 Å². The van der Waals surface area contributed by atoms with Crippen LogP contribution in [0.1, 0.15) is 54.1 Å². The van der Waals surface area contributed by atoms with Gasteiger partial charge in [-0.15, -0.1) is 11.3 Å². The highest BCUT2D eigenvalue weighted by Crippen LogP contribution is 2.33. The van der Waals surface area contributed by atoms with Gasteiger partial charge in [-0.05, 0) is 56.4 Å². The van der Waals surface area contributed by atoms with E-state index in [-0.39, 0.29) is 23.9 Å². The van der Waals surface area contributed by atoms with E-state index in [0.717, 1.165) is 35.0 Å². The lowest BCUT2D eigenvalue weighted by atomic mass is 9.97. The van der Waals surface area contributed by atoms with Crippen molar-refractivity contribution in [3.63, 3.8) is 0 Å². The summed E-state index contributed by atoms with van der Waals surface area (Å²) in [4.78, 5) is 34.8. The van der Waals surface area contributed by atoms with Crippen LogP contribution in [-0.4, -0.2) is 30.1 Å². The summed E-state index contributed by atoms with van der Waals surface area (Å²) in [6.45, 7) is 1.90. The van der Waals surface area contributed by atoms with Gasteiger partial charge >= 0.3 is 0 Å². The van der Waals surface area contributed by atoms with E-state index in [1.165, 1.54) is 16.9 Å². The normalized spacial score (nSPS) is 14.2. The number of methoxy groups -OCH3 is 2. The first-order chi connectivity index (χ1) is 15.0. The Morgan fingerprint density at radius 1 is 1.26 bits per heavy atom. The average Bonchev–Trinajstić information content (AvgIpc) is 3.16. The largest absolute Gasteiger partial charge is 0.497 e. The first-order valence-electron chi connectivity index (χ1n) is 10.5. The summed E-state index contributed by atoms with van der Waals surface area (Å²) in [5.41, 5.74) is 1.92. The lowest BCUT2D eigenvalue weighted by molar-refractivity contribution is -0.121. The first kappa shape index (κ1) is 21.4. The standard InChI is InChI=1S/C23H27N3O4S/c1-13(16-12-14(29-2)8-9-17(16)30-3)24-20(27)11-10-19-25-22(28)21-15-6-4-5-7-18(15)31-23(21)26-19/h8-9,12-13H,4-7,10-11H2,1-3H3,(H,24,27)(H,25,26,28)/t13-/m1/s1. The summed E-state index contributed by atoms with van der Waals surface area (Å²) in [7, 11) is 3.20. The van der Waals surface area contributed by atoms with Gasteiger partial charge in [0.05, 0.1) is 25.6 Å². The number of fused-ring (bicyclic) bond motifs is 3. The maximum Gasteiger partial charge on any atom is 0.259 e. The fourth-order valence-electron chi connectivity index (χ4n) is 4.13. The molecule has 0 fully saturated rings. The molecule has 1 aliphatic carbocycles. The van der Waals surface area contributed by atoms with E-state index >= 15 is 0 Å². The van der Waals surface area contributed by atoms with Crippen molar-refractivity contribution in [2.75, 3.05) is 14.2 Å². The highest BCUT2D eigenvalue weighted by molar-refractivity contribution is 7.18. The Morgan fingerprint density at radius 3 is 2.84 bits per heavy atom. The highest BCUT2D eigenvalue weighted by atomic mass is 32.1.